The number of carbonyl (C=O) groups is 1. The van der Waals surface area contributed by atoms with Crippen LogP contribution in [0.4, 0.5) is 0 Å². The molecule has 0 unspecified atom stereocenters. The van der Waals surface area contributed by atoms with Crippen LogP contribution in [0.25, 0.3) is 5.69 Å². The summed E-state index contributed by atoms with van der Waals surface area (Å²) in [5.41, 5.74) is 1.80. The molecular formula is C24H26N4O3S. The summed E-state index contributed by atoms with van der Waals surface area (Å²) in [5.74, 6) is -0.150. The third kappa shape index (κ3) is 5.39. The molecule has 166 valence electrons. The van der Waals surface area contributed by atoms with Crippen LogP contribution in [0.5, 0.6) is 0 Å². The van der Waals surface area contributed by atoms with Gasteiger partial charge in [0.15, 0.2) is 9.84 Å². The van der Waals surface area contributed by atoms with E-state index in [9.17, 15) is 13.2 Å². The first-order valence-corrected chi connectivity index (χ1v) is 11.6. The van der Waals surface area contributed by atoms with E-state index < -0.39 is 15.3 Å². The molecule has 1 amide bonds. The zero-order chi connectivity index (χ0) is 23.2. The van der Waals surface area contributed by atoms with Crippen molar-refractivity contribution in [2.24, 2.45) is 4.99 Å². The first-order valence-electron chi connectivity index (χ1n) is 10.1. The average molecular weight is 451 g/mol. The highest BCUT2D eigenvalue weighted by atomic mass is 32.2. The van der Waals surface area contributed by atoms with E-state index in [2.05, 4.69) is 15.4 Å². The van der Waals surface area contributed by atoms with Crippen LogP contribution >= 0.6 is 0 Å². The second-order valence-electron chi connectivity index (χ2n) is 7.73. The van der Waals surface area contributed by atoms with Crippen molar-refractivity contribution in [1.82, 2.24) is 15.1 Å². The van der Waals surface area contributed by atoms with Gasteiger partial charge in [0.1, 0.15) is 0 Å². The number of nitrogens with zero attached hydrogens (tertiary/aromatic N) is 3. The lowest BCUT2D eigenvalue weighted by molar-refractivity contribution is -0.125. The molecule has 3 aromatic rings. The quantitative estimate of drug-likeness (QED) is 0.532. The number of aliphatic imine (C=N–C) groups is 1. The topological polar surface area (TPSA) is 93.4 Å². The van der Waals surface area contributed by atoms with E-state index in [-0.39, 0.29) is 10.8 Å². The van der Waals surface area contributed by atoms with E-state index in [1.165, 1.54) is 24.4 Å². The SMILES string of the molecule is CN=CC=CS(=O)(=O)c1ccc(C(C)(C)C(=O)NCc2ccc(-n3cccn3)cc2)cc1. The van der Waals surface area contributed by atoms with E-state index in [0.29, 0.717) is 6.54 Å². The fourth-order valence-corrected chi connectivity index (χ4v) is 4.04. The van der Waals surface area contributed by atoms with Gasteiger partial charge in [0.2, 0.25) is 5.91 Å². The van der Waals surface area contributed by atoms with Crippen LogP contribution < -0.4 is 5.32 Å². The summed E-state index contributed by atoms with van der Waals surface area (Å²) in [7, 11) is -2.00. The maximum absolute atomic E-state index is 12.9. The van der Waals surface area contributed by atoms with Crippen LogP contribution in [0.2, 0.25) is 0 Å². The van der Waals surface area contributed by atoms with Crippen molar-refractivity contribution in [2.75, 3.05) is 7.05 Å². The highest BCUT2D eigenvalue weighted by Crippen LogP contribution is 2.25. The Hall–Kier alpha value is -3.52. The summed E-state index contributed by atoms with van der Waals surface area (Å²) in [6.45, 7) is 4.01. The molecule has 1 aromatic heterocycles. The number of amides is 1. The molecule has 0 aliphatic carbocycles. The van der Waals surface area contributed by atoms with Crippen LogP contribution in [0.3, 0.4) is 0 Å². The Balaban J connectivity index is 1.66. The maximum atomic E-state index is 12.9. The van der Waals surface area contributed by atoms with Gasteiger partial charge in [-0.15, -0.1) is 0 Å². The number of carbonyl (C=O) groups excluding carboxylic acids is 1. The molecule has 3 rings (SSSR count). The highest BCUT2D eigenvalue weighted by molar-refractivity contribution is 7.94. The number of hydrogen-bond acceptors (Lipinski definition) is 5. The molecule has 0 aliphatic rings. The second kappa shape index (κ2) is 9.74. The molecule has 0 radical (unpaired) electrons. The first-order chi connectivity index (χ1) is 15.2. The van der Waals surface area contributed by atoms with E-state index in [1.807, 2.05) is 50.4 Å². The standard InChI is InChI=1S/C24H26N4O3S/c1-24(2,20-8-12-22(13-9-20)32(30,31)17-5-14-25-3)23(29)26-18-19-6-10-21(11-7-19)28-16-4-15-27-28/h4-17H,18H2,1-3H3,(H,26,29). The van der Waals surface area contributed by atoms with Gasteiger partial charge in [-0.1, -0.05) is 24.3 Å². The summed E-state index contributed by atoms with van der Waals surface area (Å²) < 4.78 is 26.4. The summed E-state index contributed by atoms with van der Waals surface area (Å²) in [5, 5.41) is 8.26. The third-order valence-corrected chi connectivity index (χ3v) is 6.57. The van der Waals surface area contributed by atoms with Gasteiger partial charge in [0.05, 0.1) is 16.0 Å². The van der Waals surface area contributed by atoms with E-state index >= 15 is 0 Å². The minimum atomic E-state index is -3.56. The summed E-state index contributed by atoms with van der Waals surface area (Å²) in [6, 6.07) is 16.0. The Morgan fingerprint density at radius 1 is 1.12 bits per heavy atom. The lowest BCUT2D eigenvalue weighted by Gasteiger charge is -2.24. The predicted octanol–water partition coefficient (Wildman–Crippen LogP) is 3.45. The van der Waals surface area contributed by atoms with Crippen LogP contribution in [0.15, 0.2) is 88.4 Å². The molecule has 0 fully saturated rings. The number of aromatic nitrogens is 2. The minimum absolute atomic E-state index is 0.150. The number of benzene rings is 2. The molecule has 0 bridgehead atoms. The molecule has 2 aromatic carbocycles. The van der Waals surface area contributed by atoms with Crippen LogP contribution in [0, 0.1) is 0 Å². The molecule has 8 heteroatoms. The van der Waals surface area contributed by atoms with Gasteiger partial charge in [0.25, 0.3) is 0 Å². The number of rotatable bonds is 8. The van der Waals surface area contributed by atoms with Gasteiger partial charge in [-0.25, -0.2) is 13.1 Å². The lowest BCUT2D eigenvalue weighted by Crippen LogP contribution is -2.39. The van der Waals surface area contributed by atoms with Crippen molar-refractivity contribution >= 4 is 22.0 Å². The van der Waals surface area contributed by atoms with Crippen molar-refractivity contribution < 1.29 is 13.2 Å². The Morgan fingerprint density at radius 3 is 2.41 bits per heavy atom. The van der Waals surface area contributed by atoms with Gasteiger partial charge in [-0.05, 0) is 61.4 Å². The Bertz CT molecular complexity index is 1210. The third-order valence-electron chi connectivity index (χ3n) is 5.12. The second-order valence-corrected chi connectivity index (χ2v) is 9.56. The Kier molecular flexibility index (Phi) is 7.05. The van der Waals surface area contributed by atoms with Crippen LogP contribution in [-0.2, 0) is 26.6 Å². The van der Waals surface area contributed by atoms with Crippen molar-refractivity contribution in [3.8, 4) is 5.69 Å². The largest absolute Gasteiger partial charge is 0.351 e. The Morgan fingerprint density at radius 2 is 1.81 bits per heavy atom. The van der Waals surface area contributed by atoms with Gasteiger partial charge in [-0.3, -0.25) is 9.79 Å². The van der Waals surface area contributed by atoms with Crippen LogP contribution in [0.1, 0.15) is 25.0 Å². The fraction of sp³-hybridized carbons (Fsp3) is 0.208. The van der Waals surface area contributed by atoms with Gasteiger partial charge < -0.3 is 5.32 Å². The van der Waals surface area contributed by atoms with Crippen LogP contribution in [-0.4, -0.2) is 37.4 Å². The van der Waals surface area contributed by atoms with E-state index in [0.717, 1.165) is 22.2 Å². The monoisotopic (exact) mass is 450 g/mol. The van der Waals surface area contributed by atoms with Crippen molar-refractivity contribution in [1.29, 1.82) is 0 Å². The summed E-state index contributed by atoms with van der Waals surface area (Å²) >= 11 is 0. The van der Waals surface area contributed by atoms with Gasteiger partial charge in [-0.2, -0.15) is 5.10 Å². The number of hydrogen-bond donors (Lipinski definition) is 1. The molecule has 0 atom stereocenters. The molecule has 0 saturated heterocycles. The smallest absolute Gasteiger partial charge is 0.230 e. The fourth-order valence-electron chi connectivity index (χ4n) is 3.09. The van der Waals surface area contributed by atoms with Crippen molar-refractivity contribution in [3.05, 3.63) is 89.6 Å². The van der Waals surface area contributed by atoms with E-state index in [1.54, 1.807) is 30.1 Å². The molecule has 0 aliphatic heterocycles. The number of allylic oxidation sites excluding steroid dienone is 1. The summed E-state index contributed by atoms with van der Waals surface area (Å²) in [6.07, 6.45) is 6.37. The molecular weight excluding hydrogens is 424 g/mol. The van der Waals surface area contributed by atoms with Gasteiger partial charge >= 0.3 is 0 Å². The minimum Gasteiger partial charge on any atom is -0.351 e. The normalized spacial score (nSPS) is 12.5. The molecule has 7 nitrogen and oxygen atoms in total. The molecule has 1 heterocycles. The predicted molar refractivity (Wildman–Crippen MR) is 126 cm³/mol. The molecule has 0 spiro atoms. The number of nitrogens with one attached hydrogen (secondary N) is 1. The Labute approximate surface area is 188 Å². The molecule has 1 N–H and O–H groups in total. The number of sulfone groups is 1. The zero-order valence-corrected chi connectivity index (χ0v) is 19.1. The van der Waals surface area contributed by atoms with Crippen molar-refractivity contribution in [2.45, 2.75) is 30.7 Å². The van der Waals surface area contributed by atoms with E-state index in [4.69, 9.17) is 0 Å². The zero-order valence-electron chi connectivity index (χ0n) is 18.3. The van der Waals surface area contributed by atoms with Gasteiger partial charge in [0, 0.05) is 37.6 Å². The first kappa shape index (κ1) is 23.1. The maximum Gasteiger partial charge on any atom is 0.230 e. The highest BCUT2D eigenvalue weighted by Gasteiger charge is 2.29. The summed E-state index contributed by atoms with van der Waals surface area (Å²) in [4.78, 5) is 16.8. The average Bonchev–Trinajstić information content (AvgIpc) is 3.33. The lowest BCUT2D eigenvalue weighted by atomic mass is 9.83. The molecule has 0 saturated carbocycles. The molecule has 32 heavy (non-hydrogen) atoms. The van der Waals surface area contributed by atoms with Crippen molar-refractivity contribution in [3.63, 3.8) is 0 Å².